The van der Waals surface area contributed by atoms with Gasteiger partial charge in [-0.3, -0.25) is 0 Å². The largest absolute Gasteiger partial charge is 0.389 e. The first-order valence-electron chi connectivity index (χ1n) is 8.17. The Labute approximate surface area is 148 Å². The van der Waals surface area contributed by atoms with E-state index in [4.69, 9.17) is 0 Å². The lowest BCUT2D eigenvalue weighted by Crippen LogP contribution is -2.49. The molecule has 0 saturated heterocycles. The van der Waals surface area contributed by atoms with Crippen molar-refractivity contribution in [1.82, 2.24) is 10.2 Å². The van der Waals surface area contributed by atoms with Gasteiger partial charge in [-0.1, -0.05) is 36.4 Å². The highest BCUT2D eigenvalue weighted by Crippen LogP contribution is 2.13. The third-order valence-corrected chi connectivity index (χ3v) is 4.44. The number of hydrogen-bond donors (Lipinski definition) is 2. The standard InChI is InChI=1S/C19H26N2O2S/c1-15(12-17-10-7-11-24-17)20-18(22)21(14-19(2,3)23)13-16-8-5-4-6-9-16/h4-11,15,23H,12-14H2,1-3H3,(H,20,22). The van der Waals surface area contributed by atoms with Crippen LogP contribution >= 0.6 is 11.3 Å². The minimum atomic E-state index is -0.941. The topological polar surface area (TPSA) is 52.6 Å². The third-order valence-electron chi connectivity index (χ3n) is 3.54. The molecule has 0 aliphatic heterocycles. The summed E-state index contributed by atoms with van der Waals surface area (Å²) in [5, 5.41) is 15.2. The summed E-state index contributed by atoms with van der Waals surface area (Å²) in [6.07, 6.45) is 0.811. The molecule has 2 N–H and O–H groups in total. The zero-order valence-electron chi connectivity index (χ0n) is 14.5. The van der Waals surface area contributed by atoms with Gasteiger partial charge in [0.1, 0.15) is 0 Å². The number of thiophene rings is 1. The normalized spacial score (nSPS) is 12.7. The van der Waals surface area contributed by atoms with E-state index in [2.05, 4.69) is 11.4 Å². The summed E-state index contributed by atoms with van der Waals surface area (Å²) in [7, 11) is 0. The van der Waals surface area contributed by atoms with E-state index < -0.39 is 5.60 Å². The summed E-state index contributed by atoms with van der Waals surface area (Å²) < 4.78 is 0. The number of rotatable bonds is 7. The van der Waals surface area contributed by atoms with Gasteiger partial charge >= 0.3 is 6.03 Å². The number of amides is 2. The molecule has 0 aliphatic rings. The Hall–Kier alpha value is -1.85. The SMILES string of the molecule is CC(Cc1cccs1)NC(=O)N(Cc1ccccc1)CC(C)(C)O. The summed E-state index contributed by atoms with van der Waals surface area (Å²) in [4.78, 5) is 15.6. The average Bonchev–Trinajstić information content (AvgIpc) is 2.99. The molecule has 24 heavy (non-hydrogen) atoms. The van der Waals surface area contributed by atoms with Gasteiger partial charge in [0, 0.05) is 23.9 Å². The fraction of sp³-hybridized carbons (Fsp3) is 0.421. The van der Waals surface area contributed by atoms with E-state index >= 15 is 0 Å². The number of urea groups is 1. The van der Waals surface area contributed by atoms with Crippen LogP contribution in [0.4, 0.5) is 4.79 Å². The Bertz CT molecular complexity index is 621. The second-order valence-corrected chi connectivity index (χ2v) is 7.82. The Morgan fingerprint density at radius 1 is 1.25 bits per heavy atom. The van der Waals surface area contributed by atoms with E-state index in [0.29, 0.717) is 6.54 Å². The second-order valence-electron chi connectivity index (χ2n) is 6.79. The van der Waals surface area contributed by atoms with Gasteiger partial charge in [0.25, 0.3) is 0 Å². The van der Waals surface area contributed by atoms with E-state index in [1.54, 1.807) is 30.1 Å². The Kier molecular flexibility index (Phi) is 6.40. The van der Waals surface area contributed by atoms with Gasteiger partial charge in [-0.15, -0.1) is 11.3 Å². The molecule has 1 atom stereocenters. The quantitative estimate of drug-likeness (QED) is 0.804. The molecule has 1 aromatic carbocycles. The van der Waals surface area contributed by atoms with Gasteiger partial charge in [-0.2, -0.15) is 0 Å². The van der Waals surface area contributed by atoms with Crippen LogP contribution in [0, 0.1) is 0 Å². The lowest BCUT2D eigenvalue weighted by atomic mass is 10.1. The number of nitrogens with one attached hydrogen (secondary N) is 1. The summed E-state index contributed by atoms with van der Waals surface area (Å²) in [5.41, 5.74) is 0.103. The molecular weight excluding hydrogens is 320 g/mol. The molecule has 5 heteroatoms. The summed E-state index contributed by atoms with van der Waals surface area (Å²) >= 11 is 1.69. The summed E-state index contributed by atoms with van der Waals surface area (Å²) in [5.74, 6) is 0. The van der Waals surface area contributed by atoms with Crippen LogP contribution in [0.3, 0.4) is 0 Å². The van der Waals surface area contributed by atoms with Crippen LogP contribution < -0.4 is 5.32 Å². The van der Waals surface area contributed by atoms with Crippen LogP contribution in [0.2, 0.25) is 0 Å². The van der Waals surface area contributed by atoms with Crippen molar-refractivity contribution < 1.29 is 9.90 Å². The predicted molar refractivity (Wildman–Crippen MR) is 99.2 cm³/mol. The molecule has 0 saturated carbocycles. The van der Waals surface area contributed by atoms with E-state index in [0.717, 1.165) is 12.0 Å². The minimum Gasteiger partial charge on any atom is -0.389 e. The van der Waals surface area contributed by atoms with Crippen LogP contribution in [0.25, 0.3) is 0 Å². The van der Waals surface area contributed by atoms with Crippen LogP contribution in [0.1, 0.15) is 31.2 Å². The van der Waals surface area contributed by atoms with Crippen molar-refractivity contribution >= 4 is 17.4 Å². The molecule has 4 nitrogen and oxygen atoms in total. The average molecular weight is 346 g/mol. The molecule has 0 aliphatic carbocycles. The van der Waals surface area contributed by atoms with Crippen molar-refractivity contribution in [2.24, 2.45) is 0 Å². The highest BCUT2D eigenvalue weighted by Gasteiger charge is 2.23. The molecule has 0 spiro atoms. The minimum absolute atomic E-state index is 0.0382. The van der Waals surface area contributed by atoms with Gasteiger partial charge in [-0.05, 0) is 37.8 Å². The van der Waals surface area contributed by atoms with Crippen LogP contribution in [-0.4, -0.2) is 34.2 Å². The molecule has 0 fully saturated rings. The summed E-state index contributed by atoms with van der Waals surface area (Å²) in [6, 6.07) is 13.8. The Morgan fingerprint density at radius 2 is 1.96 bits per heavy atom. The van der Waals surface area contributed by atoms with Crippen LogP contribution in [-0.2, 0) is 13.0 Å². The second kappa shape index (κ2) is 8.31. The first-order chi connectivity index (χ1) is 11.3. The predicted octanol–water partition coefficient (Wildman–Crippen LogP) is 3.66. The number of benzene rings is 1. The number of carbonyl (C=O) groups excluding carboxylic acids is 1. The van der Waals surface area contributed by atoms with Crippen molar-refractivity contribution in [2.75, 3.05) is 6.54 Å². The van der Waals surface area contributed by atoms with Gasteiger partial charge in [0.2, 0.25) is 0 Å². The number of carbonyl (C=O) groups is 1. The zero-order chi connectivity index (χ0) is 17.6. The monoisotopic (exact) mass is 346 g/mol. The molecule has 2 rings (SSSR count). The molecule has 1 unspecified atom stereocenters. The van der Waals surface area contributed by atoms with E-state index in [1.165, 1.54) is 4.88 Å². The van der Waals surface area contributed by atoms with Gasteiger partial charge in [-0.25, -0.2) is 4.79 Å². The molecular formula is C19H26N2O2S. The van der Waals surface area contributed by atoms with Crippen molar-refractivity contribution in [3.8, 4) is 0 Å². The van der Waals surface area contributed by atoms with Gasteiger partial charge < -0.3 is 15.3 Å². The first kappa shape index (κ1) is 18.5. The Balaban J connectivity index is 2.00. The third kappa shape index (κ3) is 6.34. The van der Waals surface area contributed by atoms with Crippen LogP contribution in [0.5, 0.6) is 0 Å². The smallest absolute Gasteiger partial charge is 0.318 e. The van der Waals surface area contributed by atoms with Gasteiger partial charge in [0.05, 0.1) is 12.1 Å². The van der Waals surface area contributed by atoms with E-state index in [-0.39, 0.29) is 18.6 Å². The summed E-state index contributed by atoms with van der Waals surface area (Å²) in [6.45, 7) is 6.19. The fourth-order valence-corrected chi connectivity index (χ4v) is 3.39. The van der Waals surface area contributed by atoms with E-state index in [9.17, 15) is 9.90 Å². The molecule has 130 valence electrons. The molecule has 1 aromatic heterocycles. The lowest BCUT2D eigenvalue weighted by molar-refractivity contribution is 0.0443. The van der Waals surface area contributed by atoms with Gasteiger partial charge in [0.15, 0.2) is 0 Å². The molecule has 2 amide bonds. The van der Waals surface area contributed by atoms with E-state index in [1.807, 2.05) is 48.7 Å². The maximum atomic E-state index is 12.7. The molecule has 0 radical (unpaired) electrons. The zero-order valence-corrected chi connectivity index (χ0v) is 15.3. The fourth-order valence-electron chi connectivity index (χ4n) is 2.55. The molecule has 0 bridgehead atoms. The maximum absolute atomic E-state index is 12.7. The molecule has 1 heterocycles. The highest BCUT2D eigenvalue weighted by atomic mass is 32.1. The van der Waals surface area contributed by atoms with Crippen molar-refractivity contribution in [2.45, 2.75) is 45.4 Å². The Morgan fingerprint density at radius 3 is 2.54 bits per heavy atom. The van der Waals surface area contributed by atoms with Crippen LogP contribution in [0.15, 0.2) is 47.8 Å². The van der Waals surface area contributed by atoms with Crippen molar-refractivity contribution in [1.29, 1.82) is 0 Å². The number of aliphatic hydroxyl groups is 1. The lowest BCUT2D eigenvalue weighted by Gasteiger charge is -2.30. The van der Waals surface area contributed by atoms with Crippen molar-refractivity contribution in [3.05, 3.63) is 58.3 Å². The highest BCUT2D eigenvalue weighted by molar-refractivity contribution is 7.09. The molecule has 2 aromatic rings. The number of hydrogen-bond acceptors (Lipinski definition) is 3. The first-order valence-corrected chi connectivity index (χ1v) is 9.05. The van der Waals surface area contributed by atoms with Crippen molar-refractivity contribution in [3.63, 3.8) is 0 Å². The number of nitrogens with zero attached hydrogens (tertiary/aromatic N) is 1. The maximum Gasteiger partial charge on any atom is 0.318 e.